The summed E-state index contributed by atoms with van der Waals surface area (Å²) >= 11 is 0. The first kappa shape index (κ1) is 15.5. The van der Waals surface area contributed by atoms with Crippen LogP contribution in [0.5, 0.6) is 0 Å². The van der Waals surface area contributed by atoms with Crippen LogP contribution in [0.3, 0.4) is 0 Å². The van der Waals surface area contributed by atoms with Crippen molar-refractivity contribution in [3.8, 4) is 0 Å². The molecule has 0 amide bonds. The molecule has 2 unspecified atom stereocenters. The van der Waals surface area contributed by atoms with Crippen LogP contribution in [0, 0.1) is 11.3 Å². The molecule has 1 aliphatic carbocycles. The van der Waals surface area contributed by atoms with Gasteiger partial charge in [-0.15, -0.1) is 0 Å². The summed E-state index contributed by atoms with van der Waals surface area (Å²) in [7, 11) is 0. The van der Waals surface area contributed by atoms with E-state index in [2.05, 4.69) is 39.5 Å². The number of aliphatic carboxylic acids is 1. The lowest BCUT2D eigenvalue weighted by Crippen LogP contribution is -2.57. The molecule has 2 atom stereocenters. The van der Waals surface area contributed by atoms with Crippen LogP contribution >= 0.6 is 0 Å². The molecule has 0 heterocycles. The third-order valence-electron chi connectivity index (χ3n) is 4.86. The molecule has 1 aliphatic rings. The van der Waals surface area contributed by atoms with Gasteiger partial charge >= 0.3 is 5.97 Å². The summed E-state index contributed by atoms with van der Waals surface area (Å²) in [5.74, 6) is -0.217. The van der Waals surface area contributed by atoms with Gasteiger partial charge in [0, 0.05) is 5.54 Å². The maximum atomic E-state index is 11.3. The molecule has 0 aliphatic heterocycles. The Labute approximate surface area is 112 Å². The number of rotatable bonds is 5. The van der Waals surface area contributed by atoms with E-state index in [0.29, 0.717) is 11.3 Å². The predicted molar refractivity (Wildman–Crippen MR) is 74.7 cm³/mol. The van der Waals surface area contributed by atoms with Crippen LogP contribution in [-0.2, 0) is 4.79 Å². The quantitative estimate of drug-likeness (QED) is 0.818. The van der Waals surface area contributed by atoms with Crippen molar-refractivity contribution in [1.82, 2.24) is 4.90 Å². The normalized spacial score (nSPS) is 31.6. The number of carbonyl (C=O) groups is 1. The van der Waals surface area contributed by atoms with Crippen LogP contribution in [0.1, 0.15) is 60.3 Å². The smallest absolute Gasteiger partial charge is 0.305 e. The van der Waals surface area contributed by atoms with E-state index in [0.717, 1.165) is 32.4 Å². The SMILES string of the molecule is CCN(CC)C1(CC(=O)O)CCC(C)(C)CC1C. The van der Waals surface area contributed by atoms with Crippen molar-refractivity contribution in [3.63, 3.8) is 0 Å². The van der Waals surface area contributed by atoms with Crippen molar-refractivity contribution in [2.75, 3.05) is 13.1 Å². The van der Waals surface area contributed by atoms with Crippen LogP contribution in [0.25, 0.3) is 0 Å². The first-order valence-corrected chi connectivity index (χ1v) is 7.24. The molecule has 0 aromatic heterocycles. The molecule has 3 heteroatoms. The summed E-state index contributed by atoms with van der Waals surface area (Å²) in [5.41, 5.74) is 0.222. The molecule has 0 aromatic carbocycles. The second kappa shape index (κ2) is 5.60. The first-order chi connectivity index (χ1) is 8.27. The van der Waals surface area contributed by atoms with Crippen LogP contribution < -0.4 is 0 Å². The van der Waals surface area contributed by atoms with Gasteiger partial charge in [-0.1, -0.05) is 34.6 Å². The van der Waals surface area contributed by atoms with E-state index in [1.165, 1.54) is 0 Å². The third kappa shape index (κ3) is 3.05. The summed E-state index contributed by atoms with van der Waals surface area (Å²) in [6, 6.07) is 0. The standard InChI is InChI=1S/C15H29NO2/c1-6-16(7-2)15(11-13(17)18)9-8-14(4,5)10-12(15)3/h12H,6-11H2,1-5H3,(H,17,18). The van der Waals surface area contributed by atoms with Gasteiger partial charge in [0.15, 0.2) is 0 Å². The number of carboxylic acid groups (broad SMARTS) is 1. The van der Waals surface area contributed by atoms with Crippen molar-refractivity contribution >= 4 is 5.97 Å². The lowest BCUT2D eigenvalue weighted by molar-refractivity contribution is -0.144. The third-order valence-corrected chi connectivity index (χ3v) is 4.86. The average molecular weight is 255 g/mol. The van der Waals surface area contributed by atoms with Crippen LogP contribution in [0.4, 0.5) is 0 Å². The second-order valence-corrected chi connectivity index (χ2v) is 6.62. The lowest BCUT2D eigenvalue weighted by atomic mass is 9.62. The zero-order valence-electron chi connectivity index (χ0n) is 12.6. The molecule has 0 saturated heterocycles. The molecule has 1 N–H and O–H groups in total. The summed E-state index contributed by atoms with van der Waals surface area (Å²) < 4.78 is 0. The second-order valence-electron chi connectivity index (χ2n) is 6.62. The molecule has 18 heavy (non-hydrogen) atoms. The van der Waals surface area contributed by atoms with Crippen molar-refractivity contribution < 1.29 is 9.90 Å². The number of hydrogen-bond acceptors (Lipinski definition) is 2. The lowest BCUT2D eigenvalue weighted by Gasteiger charge is -2.53. The fraction of sp³-hybridized carbons (Fsp3) is 0.933. The Bertz CT molecular complexity index is 297. The fourth-order valence-corrected chi connectivity index (χ4v) is 3.88. The minimum absolute atomic E-state index is 0.134. The molecule has 1 rings (SSSR count). The summed E-state index contributed by atoms with van der Waals surface area (Å²) in [6.45, 7) is 13.0. The Morgan fingerprint density at radius 2 is 1.83 bits per heavy atom. The van der Waals surface area contributed by atoms with Gasteiger partial charge < -0.3 is 5.11 Å². The van der Waals surface area contributed by atoms with E-state index in [-0.39, 0.29) is 12.0 Å². The van der Waals surface area contributed by atoms with Gasteiger partial charge in [-0.25, -0.2) is 0 Å². The molecule has 1 saturated carbocycles. The first-order valence-electron chi connectivity index (χ1n) is 7.24. The fourth-order valence-electron chi connectivity index (χ4n) is 3.88. The summed E-state index contributed by atoms with van der Waals surface area (Å²) in [5, 5.41) is 9.29. The van der Waals surface area contributed by atoms with Crippen LogP contribution in [-0.4, -0.2) is 34.6 Å². The average Bonchev–Trinajstić information content (AvgIpc) is 2.24. The van der Waals surface area contributed by atoms with Gasteiger partial charge in [0.25, 0.3) is 0 Å². The largest absolute Gasteiger partial charge is 0.481 e. The number of hydrogen-bond donors (Lipinski definition) is 1. The number of nitrogens with zero attached hydrogens (tertiary/aromatic N) is 1. The maximum Gasteiger partial charge on any atom is 0.305 e. The Balaban J connectivity index is 3.01. The molecular formula is C15H29NO2. The zero-order chi connectivity index (χ0) is 14.0. The van der Waals surface area contributed by atoms with E-state index in [4.69, 9.17) is 0 Å². The van der Waals surface area contributed by atoms with Crippen molar-refractivity contribution in [2.24, 2.45) is 11.3 Å². The highest BCUT2D eigenvalue weighted by molar-refractivity contribution is 5.68. The van der Waals surface area contributed by atoms with Gasteiger partial charge in [0.05, 0.1) is 6.42 Å². The minimum Gasteiger partial charge on any atom is -0.481 e. The Kier molecular flexibility index (Phi) is 4.82. The summed E-state index contributed by atoms with van der Waals surface area (Å²) in [6.07, 6.45) is 3.54. The topological polar surface area (TPSA) is 40.5 Å². The van der Waals surface area contributed by atoms with Crippen molar-refractivity contribution in [1.29, 1.82) is 0 Å². The molecule has 0 aromatic rings. The molecule has 0 bridgehead atoms. The molecule has 0 spiro atoms. The predicted octanol–water partition coefficient (Wildman–Crippen LogP) is 3.39. The van der Waals surface area contributed by atoms with Gasteiger partial charge in [0.2, 0.25) is 0 Å². The minimum atomic E-state index is -0.659. The molecule has 3 nitrogen and oxygen atoms in total. The van der Waals surface area contributed by atoms with E-state index in [1.807, 2.05) is 0 Å². The molecule has 106 valence electrons. The zero-order valence-corrected chi connectivity index (χ0v) is 12.6. The monoisotopic (exact) mass is 255 g/mol. The van der Waals surface area contributed by atoms with E-state index >= 15 is 0 Å². The molecule has 0 radical (unpaired) electrons. The highest BCUT2D eigenvalue weighted by atomic mass is 16.4. The highest BCUT2D eigenvalue weighted by Crippen LogP contribution is 2.48. The van der Waals surface area contributed by atoms with Crippen LogP contribution in [0.2, 0.25) is 0 Å². The number of carboxylic acids is 1. The van der Waals surface area contributed by atoms with E-state index in [1.54, 1.807) is 0 Å². The molecule has 1 fully saturated rings. The van der Waals surface area contributed by atoms with Gasteiger partial charge in [-0.2, -0.15) is 0 Å². The van der Waals surface area contributed by atoms with E-state index < -0.39 is 5.97 Å². The Morgan fingerprint density at radius 1 is 1.28 bits per heavy atom. The van der Waals surface area contributed by atoms with Crippen LogP contribution in [0.15, 0.2) is 0 Å². The Morgan fingerprint density at radius 3 is 2.22 bits per heavy atom. The van der Waals surface area contributed by atoms with Crippen molar-refractivity contribution in [2.45, 2.75) is 65.8 Å². The highest BCUT2D eigenvalue weighted by Gasteiger charge is 2.47. The maximum absolute atomic E-state index is 11.3. The van der Waals surface area contributed by atoms with Gasteiger partial charge in [0.1, 0.15) is 0 Å². The van der Waals surface area contributed by atoms with Gasteiger partial charge in [-0.3, -0.25) is 9.69 Å². The Hall–Kier alpha value is -0.570. The van der Waals surface area contributed by atoms with Crippen molar-refractivity contribution in [3.05, 3.63) is 0 Å². The van der Waals surface area contributed by atoms with Gasteiger partial charge in [-0.05, 0) is 43.7 Å². The summed E-state index contributed by atoms with van der Waals surface area (Å²) in [4.78, 5) is 13.7. The van der Waals surface area contributed by atoms with E-state index in [9.17, 15) is 9.90 Å². The molecular weight excluding hydrogens is 226 g/mol.